The van der Waals surface area contributed by atoms with Crippen molar-refractivity contribution in [1.82, 2.24) is 0 Å². The van der Waals surface area contributed by atoms with Gasteiger partial charge in [-0.25, -0.2) is 0 Å². The third kappa shape index (κ3) is 68.5. The molecule has 0 saturated heterocycles. The third-order valence-electron chi connectivity index (χ3n) is 14.9. The van der Waals surface area contributed by atoms with Crippen molar-refractivity contribution in [3.8, 4) is 0 Å². The molecule has 0 aromatic rings. The molecule has 0 aromatic heterocycles. The van der Waals surface area contributed by atoms with Gasteiger partial charge < -0.3 is 14.2 Å². The van der Waals surface area contributed by atoms with Crippen LogP contribution >= 0.6 is 0 Å². The molecule has 0 N–H and O–H groups in total. The first-order chi connectivity index (χ1) is 41.0. The van der Waals surface area contributed by atoms with Crippen LogP contribution in [0, 0.1) is 0 Å². The van der Waals surface area contributed by atoms with Crippen LogP contribution in [0.25, 0.3) is 0 Å². The van der Waals surface area contributed by atoms with Crippen LogP contribution in [0.5, 0.6) is 0 Å². The fourth-order valence-electron chi connectivity index (χ4n) is 9.76. The molecule has 6 heteroatoms. The second-order valence-corrected chi connectivity index (χ2v) is 23.0. The van der Waals surface area contributed by atoms with Gasteiger partial charge in [-0.1, -0.05) is 309 Å². The van der Waals surface area contributed by atoms with Crippen LogP contribution in [0.2, 0.25) is 0 Å². The van der Waals surface area contributed by atoms with E-state index in [1.165, 1.54) is 167 Å². The Kier molecular flexibility index (Phi) is 66.7. The molecule has 83 heavy (non-hydrogen) atoms. The van der Waals surface area contributed by atoms with Gasteiger partial charge in [0.25, 0.3) is 0 Å². The Bertz CT molecular complexity index is 1700. The lowest BCUT2D eigenvalue weighted by Crippen LogP contribution is -2.30. The van der Waals surface area contributed by atoms with Gasteiger partial charge in [0.2, 0.25) is 0 Å². The lowest BCUT2D eigenvalue weighted by atomic mass is 10.0. The Hall–Kier alpha value is -4.19. The number of carbonyl (C=O) groups is 3. The predicted octanol–water partition coefficient (Wildman–Crippen LogP) is 24.3. The number of allylic oxidation sites excluding steroid dienone is 20. The van der Waals surface area contributed by atoms with Gasteiger partial charge in [-0.15, -0.1) is 0 Å². The Morgan fingerprint density at radius 1 is 0.253 bits per heavy atom. The van der Waals surface area contributed by atoms with Crippen molar-refractivity contribution >= 4 is 17.9 Å². The zero-order chi connectivity index (χ0) is 59.9. The number of esters is 3. The molecule has 0 aliphatic carbocycles. The third-order valence-corrected chi connectivity index (χ3v) is 14.9. The molecule has 0 saturated carbocycles. The first-order valence-electron chi connectivity index (χ1n) is 35.0. The highest BCUT2D eigenvalue weighted by atomic mass is 16.6. The molecule has 0 rings (SSSR count). The molecule has 0 aromatic carbocycles. The average molecular weight is 1150 g/mol. The van der Waals surface area contributed by atoms with E-state index >= 15 is 0 Å². The molecular formula is C77H130O6. The van der Waals surface area contributed by atoms with E-state index in [9.17, 15) is 14.4 Å². The van der Waals surface area contributed by atoms with Gasteiger partial charge in [0.1, 0.15) is 13.2 Å². The minimum atomic E-state index is -0.812. The first kappa shape index (κ1) is 78.8. The Morgan fingerprint density at radius 3 is 0.783 bits per heavy atom. The Morgan fingerprint density at radius 2 is 0.482 bits per heavy atom. The van der Waals surface area contributed by atoms with E-state index in [4.69, 9.17) is 14.2 Å². The molecule has 0 spiro atoms. The molecule has 0 amide bonds. The van der Waals surface area contributed by atoms with Crippen LogP contribution in [-0.4, -0.2) is 37.2 Å². The largest absolute Gasteiger partial charge is 0.462 e. The van der Waals surface area contributed by atoms with Crippen molar-refractivity contribution in [2.45, 2.75) is 335 Å². The summed E-state index contributed by atoms with van der Waals surface area (Å²) < 4.78 is 16.9. The van der Waals surface area contributed by atoms with Gasteiger partial charge in [0.15, 0.2) is 6.10 Å². The maximum absolute atomic E-state index is 12.9. The SMILES string of the molecule is CC/C=C\C/C=C\C/C=C\C/C=C\C/C=C\CCCC(=O)OC(COC(=O)CCCCCCC/C=C\CCCCCC)COC(=O)CCCCCCCCCCCCCCCCCCCCCCCC/C=C\C/C=C\C/C=C\C/C=C\CC. The number of ether oxygens (including phenoxy) is 3. The van der Waals surface area contributed by atoms with Crippen LogP contribution in [0.3, 0.4) is 0 Å². The molecule has 6 nitrogen and oxygen atoms in total. The molecule has 0 fully saturated rings. The molecule has 1 atom stereocenters. The van der Waals surface area contributed by atoms with Crippen molar-refractivity contribution in [2.75, 3.05) is 13.2 Å². The highest BCUT2D eigenvalue weighted by Gasteiger charge is 2.19. The molecular weight excluding hydrogens is 1020 g/mol. The van der Waals surface area contributed by atoms with Crippen LogP contribution < -0.4 is 0 Å². The minimum Gasteiger partial charge on any atom is -0.462 e. The zero-order valence-corrected chi connectivity index (χ0v) is 54.4. The molecule has 474 valence electrons. The molecule has 0 heterocycles. The lowest BCUT2D eigenvalue weighted by molar-refractivity contribution is -0.167. The summed E-state index contributed by atoms with van der Waals surface area (Å²) in [6, 6.07) is 0. The Labute approximate surface area is 513 Å². The van der Waals surface area contributed by atoms with Crippen molar-refractivity contribution in [3.05, 3.63) is 122 Å². The molecule has 0 aliphatic rings. The quantitative estimate of drug-likeness (QED) is 0.0261. The lowest BCUT2D eigenvalue weighted by Gasteiger charge is -2.18. The maximum Gasteiger partial charge on any atom is 0.306 e. The van der Waals surface area contributed by atoms with E-state index in [-0.39, 0.29) is 37.5 Å². The highest BCUT2D eigenvalue weighted by molar-refractivity contribution is 5.71. The van der Waals surface area contributed by atoms with Crippen molar-refractivity contribution in [2.24, 2.45) is 0 Å². The summed E-state index contributed by atoms with van der Waals surface area (Å²) in [5.74, 6) is -0.959. The van der Waals surface area contributed by atoms with Crippen LogP contribution in [0.1, 0.15) is 329 Å². The van der Waals surface area contributed by atoms with E-state index in [0.29, 0.717) is 19.3 Å². The van der Waals surface area contributed by atoms with E-state index in [1.54, 1.807) is 0 Å². The monoisotopic (exact) mass is 1150 g/mol. The van der Waals surface area contributed by atoms with Crippen LogP contribution in [-0.2, 0) is 28.6 Å². The standard InChI is InChI=1S/C77H130O6/c1-4-7-10-13-16-19-22-25-27-29-30-31-32-33-34-35-36-37-38-39-40-41-42-43-44-45-46-48-49-52-55-58-61-64-67-70-76(79)82-73-74(72-81-75(78)69-66-63-60-57-54-51-24-21-18-15-12-9-6-3)83-77(80)71-68-65-62-59-56-53-50-47-28-26-23-20-17-14-11-8-5-2/h7-8,10-11,16-17,19-21,24-28,30-31,50,53,59,62,74H,4-6,9,12-15,18,22-23,29,32-49,51-52,54-58,60-61,63-73H2,1-3H3/b10-7-,11-8-,19-16-,20-17-,24-21-,27-25-,28-26-,31-30-,53-50-,62-59-. The van der Waals surface area contributed by atoms with Gasteiger partial charge in [-0.3, -0.25) is 14.4 Å². The number of hydrogen-bond donors (Lipinski definition) is 0. The first-order valence-corrected chi connectivity index (χ1v) is 35.0. The second kappa shape index (κ2) is 70.3. The average Bonchev–Trinajstić information content (AvgIpc) is 3.49. The molecule has 0 radical (unpaired) electrons. The topological polar surface area (TPSA) is 78.9 Å². The normalized spacial score (nSPS) is 12.9. The van der Waals surface area contributed by atoms with Crippen molar-refractivity contribution < 1.29 is 28.6 Å². The van der Waals surface area contributed by atoms with Crippen LogP contribution in [0.4, 0.5) is 0 Å². The highest BCUT2D eigenvalue weighted by Crippen LogP contribution is 2.17. The van der Waals surface area contributed by atoms with Crippen molar-refractivity contribution in [1.29, 1.82) is 0 Å². The molecule has 1 unspecified atom stereocenters. The van der Waals surface area contributed by atoms with Gasteiger partial charge in [0, 0.05) is 19.3 Å². The summed E-state index contributed by atoms with van der Waals surface area (Å²) in [5, 5.41) is 0. The van der Waals surface area contributed by atoms with E-state index in [2.05, 4.69) is 142 Å². The number of unbranched alkanes of at least 4 members (excludes halogenated alkanes) is 32. The van der Waals surface area contributed by atoms with Gasteiger partial charge >= 0.3 is 17.9 Å². The fraction of sp³-hybridized carbons (Fsp3) is 0.701. The summed E-state index contributed by atoms with van der Waals surface area (Å²) in [7, 11) is 0. The summed E-state index contributed by atoms with van der Waals surface area (Å²) >= 11 is 0. The smallest absolute Gasteiger partial charge is 0.306 e. The second-order valence-electron chi connectivity index (χ2n) is 23.0. The fourth-order valence-corrected chi connectivity index (χ4v) is 9.76. The maximum atomic E-state index is 12.9. The van der Waals surface area contributed by atoms with Crippen molar-refractivity contribution in [3.63, 3.8) is 0 Å². The van der Waals surface area contributed by atoms with Crippen LogP contribution in [0.15, 0.2) is 122 Å². The summed E-state index contributed by atoms with van der Waals surface area (Å²) in [6.07, 6.45) is 98.2. The van der Waals surface area contributed by atoms with E-state index < -0.39 is 6.10 Å². The summed E-state index contributed by atoms with van der Waals surface area (Å²) in [6.45, 7) is 6.37. The summed E-state index contributed by atoms with van der Waals surface area (Å²) in [4.78, 5) is 38.3. The molecule has 0 bridgehead atoms. The number of carbonyl (C=O) groups excluding carboxylic acids is 3. The van der Waals surface area contributed by atoms with Gasteiger partial charge in [0.05, 0.1) is 0 Å². The predicted molar refractivity (Wildman–Crippen MR) is 362 cm³/mol. The van der Waals surface area contributed by atoms with Gasteiger partial charge in [-0.2, -0.15) is 0 Å². The Balaban J connectivity index is 4.17. The molecule has 0 aliphatic heterocycles. The van der Waals surface area contributed by atoms with Gasteiger partial charge in [-0.05, 0) is 122 Å². The summed E-state index contributed by atoms with van der Waals surface area (Å²) in [5.41, 5.74) is 0. The number of rotatable bonds is 63. The minimum absolute atomic E-state index is 0.102. The number of hydrogen-bond acceptors (Lipinski definition) is 6. The zero-order valence-electron chi connectivity index (χ0n) is 54.4. The van der Waals surface area contributed by atoms with E-state index in [0.717, 1.165) is 116 Å². The van der Waals surface area contributed by atoms with E-state index in [1.807, 2.05) is 0 Å².